The average molecular weight is 150 g/mol. The predicted octanol–water partition coefficient (Wildman–Crippen LogP) is 2.18. The number of hydrogen-bond acceptors (Lipinski definition) is 1. The Morgan fingerprint density at radius 2 is 2.36 bits per heavy atom. The molecule has 3 atom stereocenters. The van der Waals surface area contributed by atoms with Crippen LogP contribution in [0.3, 0.4) is 0 Å². The number of ketones is 1. The number of hydrogen-bond donors (Lipinski definition) is 0. The summed E-state index contributed by atoms with van der Waals surface area (Å²) in [4.78, 5) is 11.5. The van der Waals surface area contributed by atoms with Crippen molar-refractivity contribution >= 4 is 5.78 Å². The van der Waals surface area contributed by atoms with Crippen LogP contribution in [0.1, 0.15) is 26.7 Å². The number of carbonyl (C=O) groups is 1. The summed E-state index contributed by atoms with van der Waals surface area (Å²) in [7, 11) is 0. The lowest BCUT2D eigenvalue weighted by molar-refractivity contribution is -0.132. The van der Waals surface area contributed by atoms with Crippen LogP contribution in [0.5, 0.6) is 0 Å². The van der Waals surface area contributed by atoms with Gasteiger partial charge in [0.25, 0.3) is 0 Å². The molecule has 3 unspecified atom stereocenters. The van der Waals surface area contributed by atoms with Gasteiger partial charge in [0.2, 0.25) is 0 Å². The van der Waals surface area contributed by atoms with Crippen molar-refractivity contribution in [3.63, 3.8) is 0 Å². The first-order valence-electron chi connectivity index (χ1n) is 4.36. The van der Waals surface area contributed by atoms with Crippen LogP contribution in [0.4, 0.5) is 0 Å². The van der Waals surface area contributed by atoms with E-state index >= 15 is 0 Å². The molecule has 0 heterocycles. The smallest absolute Gasteiger partial charge is 0.143 e. The van der Waals surface area contributed by atoms with Crippen LogP contribution in [-0.2, 0) is 4.79 Å². The molecule has 3 aliphatic rings. The van der Waals surface area contributed by atoms with Gasteiger partial charge in [0.05, 0.1) is 0 Å². The van der Waals surface area contributed by atoms with Crippen molar-refractivity contribution in [1.29, 1.82) is 0 Å². The Hall–Kier alpha value is -0.590. The average Bonchev–Trinajstić information content (AvgIpc) is 2.01. The summed E-state index contributed by atoms with van der Waals surface area (Å²) >= 11 is 0. The third-order valence-corrected chi connectivity index (χ3v) is 3.48. The molecule has 0 saturated heterocycles. The van der Waals surface area contributed by atoms with E-state index in [0.29, 0.717) is 5.78 Å². The zero-order valence-corrected chi connectivity index (χ0v) is 7.13. The minimum Gasteiger partial charge on any atom is -0.299 e. The van der Waals surface area contributed by atoms with Gasteiger partial charge in [0, 0.05) is 11.8 Å². The van der Waals surface area contributed by atoms with Crippen LogP contribution in [-0.4, -0.2) is 5.78 Å². The molecule has 1 heteroatoms. The van der Waals surface area contributed by atoms with Crippen LogP contribution < -0.4 is 0 Å². The molecular weight excluding hydrogens is 136 g/mol. The summed E-state index contributed by atoms with van der Waals surface area (Å²) in [6.45, 7) is 4.26. The summed E-state index contributed by atoms with van der Waals surface area (Å²) in [5.74, 6) is 0.972. The third-order valence-electron chi connectivity index (χ3n) is 3.48. The Morgan fingerprint density at radius 3 is 2.73 bits per heavy atom. The molecule has 0 spiro atoms. The molecule has 0 radical (unpaired) electrons. The Morgan fingerprint density at radius 1 is 1.64 bits per heavy atom. The van der Waals surface area contributed by atoms with Crippen LogP contribution in [0.2, 0.25) is 0 Å². The van der Waals surface area contributed by atoms with Crippen molar-refractivity contribution in [1.82, 2.24) is 0 Å². The fourth-order valence-corrected chi connectivity index (χ4v) is 2.23. The molecule has 0 aromatic heterocycles. The Balaban J connectivity index is 2.42. The molecule has 3 aliphatic carbocycles. The predicted molar refractivity (Wildman–Crippen MR) is 44.1 cm³/mol. The summed E-state index contributed by atoms with van der Waals surface area (Å²) in [6.07, 6.45) is 6.62. The van der Waals surface area contributed by atoms with Crippen molar-refractivity contribution in [3.8, 4) is 0 Å². The van der Waals surface area contributed by atoms with E-state index < -0.39 is 0 Å². The van der Waals surface area contributed by atoms with Crippen LogP contribution >= 0.6 is 0 Å². The zero-order valence-electron chi connectivity index (χ0n) is 7.13. The molecular formula is C10H14O. The number of fused-ring (bicyclic) bond motifs is 2. The summed E-state index contributed by atoms with van der Waals surface area (Å²) in [5, 5.41) is 0. The van der Waals surface area contributed by atoms with Gasteiger partial charge in [-0.2, -0.15) is 0 Å². The standard InChI is InChI=1S/C10H14O/c1-7-9(11)8-3-5-10(7,2)6-4-8/h3,5,7-8H,4,6H2,1-2H3. The van der Waals surface area contributed by atoms with E-state index in [4.69, 9.17) is 0 Å². The first-order chi connectivity index (χ1) is 5.13. The Kier molecular flexibility index (Phi) is 1.26. The van der Waals surface area contributed by atoms with E-state index in [-0.39, 0.29) is 17.3 Å². The molecule has 0 amide bonds. The van der Waals surface area contributed by atoms with Crippen molar-refractivity contribution < 1.29 is 4.79 Å². The quantitative estimate of drug-likeness (QED) is 0.484. The molecule has 60 valence electrons. The molecule has 2 bridgehead atoms. The number of carbonyl (C=O) groups excluding carboxylic acids is 1. The Labute approximate surface area is 67.5 Å². The van der Waals surface area contributed by atoms with E-state index in [9.17, 15) is 4.79 Å². The minimum absolute atomic E-state index is 0.186. The topological polar surface area (TPSA) is 17.1 Å². The lowest BCUT2D eigenvalue weighted by Crippen LogP contribution is -2.42. The number of allylic oxidation sites excluding steroid dienone is 2. The highest BCUT2D eigenvalue weighted by Crippen LogP contribution is 2.46. The van der Waals surface area contributed by atoms with Gasteiger partial charge in [0.15, 0.2) is 0 Å². The first kappa shape index (κ1) is 7.08. The van der Waals surface area contributed by atoms with Gasteiger partial charge in [-0.15, -0.1) is 0 Å². The van der Waals surface area contributed by atoms with Crippen LogP contribution in [0.15, 0.2) is 12.2 Å². The number of rotatable bonds is 0. The molecule has 3 rings (SSSR count). The van der Waals surface area contributed by atoms with Crippen molar-refractivity contribution in [2.45, 2.75) is 26.7 Å². The summed E-state index contributed by atoms with van der Waals surface area (Å²) in [6, 6.07) is 0. The highest BCUT2D eigenvalue weighted by Gasteiger charge is 2.44. The van der Waals surface area contributed by atoms with E-state index in [1.54, 1.807) is 0 Å². The lowest BCUT2D eigenvalue weighted by atomic mass is 9.60. The highest BCUT2D eigenvalue weighted by atomic mass is 16.1. The molecule has 11 heavy (non-hydrogen) atoms. The lowest BCUT2D eigenvalue weighted by Gasteiger charge is -2.43. The van der Waals surface area contributed by atoms with Gasteiger partial charge < -0.3 is 0 Å². The third kappa shape index (κ3) is 0.800. The minimum atomic E-state index is 0.186. The normalized spacial score (nSPS) is 48.4. The molecule has 0 N–H and O–H groups in total. The van der Waals surface area contributed by atoms with Crippen LogP contribution in [0.25, 0.3) is 0 Å². The second kappa shape index (κ2) is 1.96. The fourth-order valence-electron chi connectivity index (χ4n) is 2.23. The maximum absolute atomic E-state index is 11.5. The maximum atomic E-state index is 11.5. The van der Waals surface area contributed by atoms with Gasteiger partial charge >= 0.3 is 0 Å². The molecule has 1 saturated carbocycles. The molecule has 0 aromatic rings. The SMILES string of the molecule is CC1C(=O)C2C=CC1(C)CC2. The van der Waals surface area contributed by atoms with Crippen molar-refractivity contribution in [3.05, 3.63) is 12.2 Å². The second-order valence-electron chi connectivity index (χ2n) is 4.13. The van der Waals surface area contributed by atoms with E-state index in [1.807, 2.05) is 0 Å². The summed E-state index contributed by atoms with van der Waals surface area (Å²) < 4.78 is 0. The highest BCUT2D eigenvalue weighted by molar-refractivity contribution is 5.87. The van der Waals surface area contributed by atoms with E-state index in [2.05, 4.69) is 26.0 Å². The van der Waals surface area contributed by atoms with Gasteiger partial charge in [-0.3, -0.25) is 4.79 Å². The summed E-state index contributed by atoms with van der Waals surface area (Å²) in [5.41, 5.74) is 0.186. The Bertz CT molecular complexity index is 229. The monoisotopic (exact) mass is 150 g/mol. The van der Waals surface area contributed by atoms with Crippen molar-refractivity contribution in [2.24, 2.45) is 17.3 Å². The van der Waals surface area contributed by atoms with E-state index in [1.165, 1.54) is 6.42 Å². The molecule has 0 aromatic carbocycles. The largest absolute Gasteiger partial charge is 0.299 e. The van der Waals surface area contributed by atoms with Gasteiger partial charge in [-0.1, -0.05) is 26.0 Å². The van der Waals surface area contributed by atoms with E-state index in [0.717, 1.165) is 6.42 Å². The molecule has 1 nitrogen and oxygen atoms in total. The molecule has 1 fully saturated rings. The molecule has 0 aliphatic heterocycles. The van der Waals surface area contributed by atoms with Gasteiger partial charge in [0.1, 0.15) is 5.78 Å². The van der Waals surface area contributed by atoms with Crippen molar-refractivity contribution in [2.75, 3.05) is 0 Å². The second-order valence-corrected chi connectivity index (χ2v) is 4.13. The zero-order chi connectivity index (χ0) is 8.06. The number of Topliss-reactive ketones (excluding diaryl/α,β-unsaturated/α-hetero) is 1. The van der Waals surface area contributed by atoms with Gasteiger partial charge in [-0.05, 0) is 18.3 Å². The maximum Gasteiger partial charge on any atom is 0.143 e. The fraction of sp³-hybridized carbons (Fsp3) is 0.700. The van der Waals surface area contributed by atoms with Crippen LogP contribution in [0, 0.1) is 17.3 Å². The first-order valence-corrected chi connectivity index (χ1v) is 4.36. The van der Waals surface area contributed by atoms with Gasteiger partial charge in [-0.25, -0.2) is 0 Å².